The molecule has 1 saturated carbocycles. The van der Waals surface area contributed by atoms with E-state index in [1.54, 1.807) is 11.9 Å². The molecule has 2 rings (SSSR count). The van der Waals surface area contributed by atoms with E-state index >= 15 is 0 Å². The summed E-state index contributed by atoms with van der Waals surface area (Å²) in [4.78, 5) is 13.6. The standard InChI is InChI=1S/C16H23BrN2O2/c1-11(2)19(3)16(20)10-21-14-6-7-15(17)12(8-14)9-18-13-4-5-13/h6-8,11,13,18H,4-5,9-10H2,1-3H3. The molecule has 116 valence electrons. The predicted octanol–water partition coefficient (Wildman–Crippen LogP) is 2.95. The third-order valence-electron chi connectivity index (χ3n) is 3.71. The maximum absolute atomic E-state index is 11.9. The van der Waals surface area contributed by atoms with E-state index in [-0.39, 0.29) is 18.6 Å². The minimum atomic E-state index is -0.00873. The maximum Gasteiger partial charge on any atom is 0.260 e. The van der Waals surface area contributed by atoms with Crippen LogP contribution < -0.4 is 10.1 Å². The quantitative estimate of drug-likeness (QED) is 0.818. The van der Waals surface area contributed by atoms with E-state index in [9.17, 15) is 4.79 Å². The lowest BCUT2D eigenvalue weighted by atomic mass is 10.2. The number of halogens is 1. The van der Waals surface area contributed by atoms with Gasteiger partial charge >= 0.3 is 0 Å². The SMILES string of the molecule is CC(C)N(C)C(=O)COc1ccc(Br)c(CNC2CC2)c1. The summed E-state index contributed by atoms with van der Waals surface area (Å²) in [7, 11) is 1.79. The molecule has 0 aromatic heterocycles. The van der Waals surface area contributed by atoms with Crippen molar-refractivity contribution in [3.05, 3.63) is 28.2 Å². The molecule has 1 aliphatic carbocycles. The summed E-state index contributed by atoms with van der Waals surface area (Å²) in [6.45, 7) is 4.87. The highest BCUT2D eigenvalue weighted by molar-refractivity contribution is 9.10. The van der Waals surface area contributed by atoms with Gasteiger partial charge in [0.1, 0.15) is 5.75 Å². The first kappa shape index (κ1) is 16.3. The Morgan fingerprint density at radius 3 is 2.81 bits per heavy atom. The van der Waals surface area contributed by atoms with E-state index in [1.165, 1.54) is 12.8 Å². The van der Waals surface area contributed by atoms with Crippen LogP contribution in [0, 0.1) is 0 Å². The minimum Gasteiger partial charge on any atom is -0.484 e. The third kappa shape index (κ3) is 5.00. The Bertz CT molecular complexity index is 501. The van der Waals surface area contributed by atoms with Gasteiger partial charge in [0.05, 0.1) is 0 Å². The van der Waals surface area contributed by atoms with E-state index in [0.29, 0.717) is 6.04 Å². The zero-order chi connectivity index (χ0) is 15.4. The van der Waals surface area contributed by atoms with E-state index in [2.05, 4.69) is 21.2 Å². The van der Waals surface area contributed by atoms with Crippen molar-refractivity contribution >= 4 is 21.8 Å². The Labute approximate surface area is 135 Å². The summed E-state index contributed by atoms with van der Waals surface area (Å²) in [5.74, 6) is 0.724. The topological polar surface area (TPSA) is 41.6 Å². The fourth-order valence-electron chi connectivity index (χ4n) is 1.85. The first-order chi connectivity index (χ1) is 9.97. The fraction of sp³-hybridized carbons (Fsp3) is 0.562. The van der Waals surface area contributed by atoms with Crippen molar-refractivity contribution in [3.8, 4) is 5.75 Å². The second-order valence-corrected chi connectivity index (χ2v) is 6.65. The van der Waals surface area contributed by atoms with Gasteiger partial charge in [-0.25, -0.2) is 0 Å². The van der Waals surface area contributed by atoms with Crippen LogP contribution in [0.3, 0.4) is 0 Å². The van der Waals surface area contributed by atoms with Gasteiger partial charge in [0.25, 0.3) is 5.91 Å². The van der Waals surface area contributed by atoms with E-state index in [1.807, 2.05) is 32.0 Å². The molecule has 0 heterocycles. The van der Waals surface area contributed by atoms with Crippen LogP contribution >= 0.6 is 15.9 Å². The van der Waals surface area contributed by atoms with Crippen LogP contribution in [0.15, 0.2) is 22.7 Å². The number of hydrogen-bond donors (Lipinski definition) is 1. The molecule has 0 aliphatic heterocycles. The third-order valence-corrected chi connectivity index (χ3v) is 4.48. The summed E-state index contributed by atoms with van der Waals surface area (Å²) < 4.78 is 6.68. The number of nitrogens with one attached hydrogen (secondary N) is 1. The lowest BCUT2D eigenvalue weighted by molar-refractivity contribution is -0.133. The molecule has 1 N–H and O–H groups in total. The van der Waals surface area contributed by atoms with Crippen molar-refractivity contribution in [2.45, 2.75) is 45.3 Å². The van der Waals surface area contributed by atoms with E-state index in [4.69, 9.17) is 4.74 Å². The highest BCUT2D eigenvalue weighted by atomic mass is 79.9. The Morgan fingerprint density at radius 1 is 1.48 bits per heavy atom. The largest absolute Gasteiger partial charge is 0.484 e. The number of nitrogens with zero attached hydrogens (tertiary/aromatic N) is 1. The molecule has 0 bridgehead atoms. The average Bonchev–Trinajstić information content (AvgIpc) is 3.27. The molecule has 4 nitrogen and oxygen atoms in total. The molecule has 0 saturated heterocycles. The van der Waals surface area contributed by atoms with Gasteiger partial charge in [0.15, 0.2) is 6.61 Å². The molecule has 0 atom stereocenters. The summed E-state index contributed by atoms with van der Waals surface area (Å²) in [6.07, 6.45) is 2.54. The molecule has 0 unspecified atom stereocenters. The number of ether oxygens (including phenoxy) is 1. The summed E-state index contributed by atoms with van der Waals surface area (Å²) in [6, 6.07) is 6.69. The number of rotatable bonds is 7. The number of likely N-dealkylation sites (N-methyl/N-ethyl adjacent to an activating group) is 1. The van der Waals surface area contributed by atoms with Gasteiger partial charge in [-0.3, -0.25) is 4.79 Å². The molecule has 1 amide bonds. The zero-order valence-electron chi connectivity index (χ0n) is 12.9. The van der Waals surface area contributed by atoms with Crippen LogP contribution in [-0.2, 0) is 11.3 Å². The van der Waals surface area contributed by atoms with E-state index in [0.717, 1.165) is 22.3 Å². The number of carbonyl (C=O) groups is 1. The lowest BCUT2D eigenvalue weighted by Crippen LogP contribution is -2.36. The van der Waals surface area contributed by atoms with Crippen molar-refractivity contribution in [3.63, 3.8) is 0 Å². The van der Waals surface area contributed by atoms with Crippen molar-refractivity contribution < 1.29 is 9.53 Å². The van der Waals surface area contributed by atoms with Crippen molar-refractivity contribution in [1.29, 1.82) is 0 Å². The molecule has 1 aliphatic rings. The number of benzene rings is 1. The smallest absolute Gasteiger partial charge is 0.260 e. The highest BCUT2D eigenvalue weighted by Gasteiger charge is 2.20. The molecular weight excluding hydrogens is 332 g/mol. The number of carbonyl (C=O) groups excluding carboxylic acids is 1. The summed E-state index contributed by atoms with van der Waals surface area (Å²) in [5, 5.41) is 3.48. The first-order valence-electron chi connectivity index (χ1n) is 7.37. The van der Waals surface area contributed by atoms with Gasteiger partial charge in [-0.05, 0) is 50.5 Å². The van der Waals surface area contributed by atoms with Gasteiger partial charge in [-0.1, -0.05) is 15.9 Å². The molecule has 21 heavy (non-hydrogen) atoms. The average molecular weight is 355 g/mol. The van der Waals surface area contributed by atoms with Gasteiger partial charge in [-0.15, -0.1) is 0 Å². The second-order valence-electron chi connectivity index (χ2n) is 5.80. The second kappa shape index (κ2) is 7.27. The Hall–Kier alpha value is -1.07. The van der Waals surface area contributed by atoms with Crippen molar-refractivity contribution in [2.75, 3.05) is 13.7 Å². The molecule has 0 spiro atoms. The summed E-state index contributed by atoms with van der Waals surface area (Å²) in [5.41, 5.74) is 1.16. The minimum absolute atomic E-state index is 0.00873. The molecule has 1 aromatic rings. The maximum atomic E-state index is 11.9. The van der Waals surface area contributed by atoms with Crippen LogP contribution in [0.5, 0.6) is 5.75 Å². The fourth-order valence-corrected chi connectivity index (χ4v) is 2.24. The highest BCUT2D eigenvalue weighted by Crippen LogP contribution is 2.25. The Morgan fingerprint density at radius 2 is 2.19 bits per heavy atom. The van der Waals surface area contributed by atoms with Crippen LogP contribution in [0.25, 0.3) is 0 Å². The monoisotopic (exact) mass is 354 g/mol. The van der Waals surface area contributed by atoms with Crippen LogP contribution in [0.1, 0.15) is 32.3 Å². The molecule has 0 radical (unpaired) electrons. The number of amides is 1. The molecular formula is C16H23BrN2O2. The van der Waals surface area contributed by atoms with Crippen LogP contribution in [-0.4, -0.2) is 36.5 Å². The van der Waals surface area contributed by atoms with Gasteiger partial charge in [0, 0.05) is 30.1 Å². The lowest BCUT2D eigenvalue weighted by Gasteiger charge is -2.21. The molecule has 1 aromatic carbocycles. The summed E-state index contributed by atoms with van der Waals surface area (Å²) >= 11 is 3.55. The van der Waals surface area contributed by atoms with E-state index < -0.39 is 0 Å². The van der Waals surface area contributed by atoms with Crippen molar-refractivity contribution in [2.24, 2.45) is 0 Å². The van der Waals surface area contributed by atoms with Gasteiger partial charge in [-0.2, -0.15) is 0 Å². The Balaban J connectivity index is 1.90. The Kier molecular flexibility index (Phi) is 5.65. The first-order valence-corrected chi connectivity index (χ1v) is 8.17. The van der Waals surface area contributed by atoms with Gasteiger partial charge < -0.3 is 15.0 Å². The number of hydrogen-bond acceptors (Lipinski definition) is 3. The zero-order valence-corrected chi connectivity index (χ0v) is 14.4. The molecule has 1 fully saturated rings. The van der Waals surface area contributed by atoms with Crippen molar-refractivity contribution in [1.82, 2.24) is 10.2 Å². The molecule has 5 heteroatoms. The van der Waals surface area contributed by atoms with Gasteiger partial charge in [0.2, 0.25) is 0 Å². The van der Waals surface area contributed by atoms with Crippen LogP contribution in [0.4, 0.5) is 0 Å². The predicted molar refractivity (Wildman–Crippen MR) is 87.4 cm³/mol. The normalized spacial score (nSPS) is 14.3. The van der Waals surface area contributed by atoms with Crippen LogP contribution in [0.2, 0.25) is 0 Å².